The number of nitrogens with one attached hydrogen (secondary N) is 2. The molecule has 6 nitrogen and oxygen atoms in total. The predicted molar refractivity (Wildman–Crippen MR) is 104 cm³/mol. The van der Waals surface area contributed by atoms with Crippen molar-refractivity contribution in [2.24, 2.45) is 10.9 Å². The summed E-state index contributed by atoms with van der Waals surface area (Å²) in [5, 5.41) is 2.49. The van der Waals surface area contributed by atoms with Crippen LogP contribution in [0.1, 0.15) is 23.7 Å². The summed E-state index contributed by atoms with van der Waals surface area (Å²) in [6.07, 6.45) is 9.19. The number of allylic oxidation sites excluding steroid dienone is 4. The first kappa shape index (κ1) is 19.3. The number of carbonyl (C=O) groups excluding carboxylic acids is 1. The zero-order chi connectivity index (χ0) is 19.6. The first-order valence-electron chi connectivity index (χ1n) is 8.25. The summed E-state index contributed by atoms with van der Waals surface area (Å²) >= 11 is 6.00. The first-order valence-corrected chi connectivity index (χ1v) is 10.3. The van der Waals surface area contributed by atoms with Crippen molar-refractivity contribution in [3.05, 3.63) is 64.7 Å². The van der Waals surface area contributed by atoms with Crippen molar-refractivity contribution in [3.8, 4) is 0 Å². The molecule has 0 saturated heterocycles. The van der Waals surface area contributed by atoms with Gasteiger partial charge in [-0.15, -0.1) is 0 Å². The van der Waals surface area contributed by atoms with Gasteiger partial charge < -0.3 is 5.32 Å². The number of benzene rings is 1. The molecule has 1 heterocycles. The molecule has 1 amide bonds. The van der Waals surface area contributed by atoms with Crippen molar-refractivity contribution in [1.29, 1.82) is 0 Å². The molecule has 0 aromatic heterocycles. The third kappa shape index (κ3) is 4.12. The predicted octanol–water partition coefficient (Wildman–Crippen LogP) is 3.40. The van der Waals surface area contributed by atoms with Gasteiger partial charge in [-0.05, 0) is 24.6 Å². The van der Waals surface area contributed by atoms with Crippen LogP contribution in [-0.4, -0.2) is 25.8 Å². The van der Waals surface area contributed by atoms with Gasteiger partial charge in [0.1, 0.15) is 0 Å². The van der Waals surface area contributed by atoms with Gasteiger partial charge in [-0.25, -0.2) is 12.8 Å². The number of nitrogens with zero attached hydrogens (tertiary/aromatic N) is 1. The Balaban J connectivity index is 1.84. The van der Waals surface area contributed by atoms with Crippen LogP contribution in [-0.2, 0) is 10.0 Å². The number of fused-ring (bicyclic) bond motifs is 1. The average molecular weight is 410 g/mol. The summed E-state index contributed by atoms with van der Waals surface area (Å²) in [5.41, 5.74) is 0.498. The molecule has 0 spiro atoms. The maximum Gasteiger partial charge on any atom is 0.260 e. The number of rotatable bonds is 6. The Bertz CT molecular complexity index is 1010. The number of hydrogen-bond donors (Lipinski definition) is 2. The van der Waals surface area contributed by atoms with E-state index in [2.05, 4.69) is 15.0 Å². The van der Waals surface area contributed by atoms with Gasteiger partial charge in [-0.1, -0.05) is 36.8 Å². The van der Waals surface area contributed by atoms with Crippen molar-refractivity contribution in [2.75, 3.05) is 10.5 Å². The molecule has 0 radical (unpaired) electrons. The van der Waals surface area contributed by atoms with E-state index in [0.29, 0.717) is 12.1 Å². The summed E-state index contributed by atoms with van der Waals surface area (Å²) in [6, 6.07) is 2.46. The van der Waals surface area contributed by atoms with E-state index in [1.165, 1.54) is 18.3 Å². The number of hydrogen-bond acceptors (Lipinski definition) is 4. The highest BCUT2D eigenvalue weighted by Gasteiger charge is 2.27. The van der Waals surface area contributed by atoms with E-state index < -0.39 is 27.3 Å². The van der Waals surface area contributed by atoms with Crippen LogP contribution in [0.4, 0.5) is 10.1 Å². The summed E-state index contributed by atoms with van der Waals surface area (Å²) in [5.74, 6) is -2.18. The summed E-state index contributed by atoms with van der Waals surface area (Å²) in [7, 11) is -3.71. The van der Waals surface area contributed by atoms with Gasteiger partial charge in [0, 0.05) is 11.9 Å². The van der Waals surface area contributed by atoms with Gasteiger partial charge in [0.25, 0.3) is 5.91 Å². The topological polar surface area (TPSA) is 87.6 Å². The second-order valence-electron chi connectivity index (χ2n) is 6.02. The molecule has 0 saturated carbocycles. The Morgan fingerprint density at radius 1 is 1.33 bits per heavy atom. The lowest BCUT2D eigenvalue weighted by Crippen LogP contribution is -2.29. The maximum absolute atomic E-state index is 14.8. The quantitative estimate of drug-likeness (QED) is 0.754. The fraction of sp³-hybridized carbons (Fsp3) is 0.222. The lowest BCUT2D eigenvalue weighted by molar-refractivity contribution is 0.0960. The van der Waals surface area contributed by atoms with Crippen LogP contribution in [0.25, 0.3) is 0 Å². The van der Waals surface area contributed by atoms with Gasteiger partial charge in [0.05, 0.1) is 33.7 Å². The van der Waals surface area contributed by atoms with E-state index in [1.807, 2.05) is 24.3 Å². The smallest absolute Gasteiger partial charge is 0.260 e. The summed E-state index contributed by atoms with van der Waals surface area (Å²) < 4.78 is 40.8. The molecule has 1 aromatic rings. The van der Waals surface area contributed by atoms with Crippen molar-refractivity contribution >= 4 is 38.9 Å². The Hall–Kier alpha value is -2.45. The van der Waals surface area contributed by atoms with E-state index in [-0.39, 0.29) is 22.4 Å². The monoisotopic (exact) mass is 409 g/mol. The van der Waals surface area contributed by atoms with Gasteiger partial charge >= 0.3 is 0 Å². The highest BCUT2D eigenvalue weighted by atomic mass is 35.5. The number of carbonyl (C=O) groups is 1. The number of sulfonamides is 1. The van der Waals surface area contributed by atoms with Crippen LogP contribution in [0.15, 0.2) is 53.3 Å². The molecule has 1 unspecified atom stereocenters. The molecular formula is C18H17ClFN3O3S. The van der Waals surface area contributed by atoms with E-state index in [0.717, 1.165) is 5.71 Å². The van der Waals surface area contributed by atoms with Crippen molar-refractivity contribution in [3.63, 3.8) is 0 Å². The zero-order valence-corrected chi connectivity index (χ0v) is 15.9. The Morgan fingerprint density at radius 2 is 2.11 bits per heavy atom. The van der Waals surface area contributed by atoms with Gasteiger partial charge in [-0.3, -0.25) is 14.5 Å². The van der Waals surface area contributed by atoms with E-state index in [1.54, 1.807) is 6.92 Å². The third-order valence-electron chi connectivity index (χ3n) is 4.00. The van der Waals surface area contributed by atoms with Crippen LogP contribution < -0.4 is 10.0 Å². The van der Waals surface area contributed by atoms with Crippen molar-refractivity contribution in [2.45, 2.75) is 13.3 Å². The summed E-state index contributed by atoms with van der Waals surface area (Å²) in [4.78, 5) is 16.8. The van der Waals surface area contributed by atoms with Gasteiger partial charge in [0.2, 0.25) is 10.0 Å². The molecule has 0 fully saturated rings. The van der Waals surface area contributed by atoms with Crippen LogP contribution in [0.3, 0.4) is 0 Å². The van der Waals surface area contributed by atoms with Gasteiger partial charge in [-0.2, -0.15) is 0 Å². The lowest BCUT2D eigenvalue weighted by Gasteiger charge is -2.16. The fourth-order valence-corrected chi connectivity index (χ4v) is 4.14. The lowest BCUT2D eigenvalue weighted by atomic mass is 9.97. The second-order valence-corrected chi connectivity index (χ2v) is 8.27. The molecule has 1 aliphatic carbocycles. The molecule has 2 N–H and O–H groups in total. The Labute approximate surface area is 161 Å². The second kappa shape index (κ2) is 7.66. The van der Waals surface area contributed by atoms with Crippen LogP contribution >= 0.6 is 11.6 Å². The molecule has 1 aliphatic heterocycles. The maximum atomic E-state index is 14.8. The highest BCUT2D eigenvalue weighted by Crippen LogP contribution is 2.28. The number of amides is 1. The fourth-order valence-electron chi connectivity index (χ4n) is 2.77. The van der Waals surface area contributed by atoms with Crippen LogP contribution in [0, 0.1) is 11.7 Å². The van der Waals surface area contributed by atoms with Gasteiger partial charge in [0.15, 0.2) is 5.82 Å². The normalized spacial score (nSPS) is 18.0. The highest BCUT2D eigenvalue weighted by molar-refractivity contribution is 7.92. The minimum atomic E-state index is -3.71. The third-order valence-corrected chi connectivity index (χ3v) is 5.79. The van der Waals surface area contributed by atoms with Crippen molar-refractivity contribution in [1.82, 2.24) is 5.32 Å². The molecule has 0 bridgehead atoms. The molecule has 27 heavy (non-hydrogen) atoms. The largest absolute Gasteiger partial charge is 0.323 e. The Kier molecular flexibility index (Phi) is 5.48. The Morgan fingerprint density at radius 3 is 2.85 bits per heavy atom. The SMILES string of the molecule is CCCS(=O)(=O)Nc1ccc(Cl)c(C(=O)NC2=CN=C3C=CC=CC23)c1F. The molecule has 1 atom stereocenters. The van der Waals surface area contributed by atoms with Crippen LogP contribution in [0.2, 0.25) is 5.02 Å². The van der Waals surface area contributed by atoms with E-state index in [4.69, 9.17) is 11.6 Å². The first-order chi connectivity index (χ1) is 12.8. The molecule has 142 valence electrons. The number of aliphatic imine (C=N–C) groups is 1. The number of anilines is 1. The standard InChI is InChI=1S/C18H17ClFN3O3S/c1-2-9-27(25,26)23-14-8-7-12(19)16(17(14)20)18(24)22-15-10-21-13-6-4-3-5-11(13)15/h3-8,10-11,23H,2,9H2,1H3,(H,22,24). The molecule has 1 aromatic carbocycles. The average Bonchev–Trinajstić information content (AvgIpc) is 3.00. The van der Waals surface area contributed by atoms with E-state index in [9.17, 15) is 17.6 Å². The molecular weight excluding hydrogens is 393 g/mol. The minimum absolute atomic E-state index is 0.123. The summed E-state index contributed by atoms with van der Waals surface area (Å²) in [6.45, 7) is 1.69. The van der Waals surface area contributed by atoms with Crippen LogP contribution in [0.5, 0.6) is 0 Å². The molecule has 9 heteroatoms. The van der Waals surface area contributed by atoms with Crippen molar-refractivity contribution < 1.29 is 17.6 Å². The molecule has 3 rings (SSSR count). The minimum Gasteiger partial charge on any atom is -0.323 e. The van der Waals surface area contributed by atoms with E-state index >= 15 is 0 Å². The zero-order valence-electron chi connectivity index (χ0n) is 14.4. The number of halogens is 2. The molecule has 2 aliphatic rings.